The molecule has 120 valence electrons. The number of rotatable bonds is 2. The maximum absolute atomic E-state index is 9.15. The van der Waals surface area contributed by atoms with Crippen molar-refractivity contribution in [2.24, 2.45) is 7.05 Å². The van der Waals surface area contributed by atoms with Crippen molar-refractivity contribution in [1.29, 1.82) is 5.26 Å². The normalized spacial score (nSPS) is 10.8. The summed E-state index contributed by atoms with van der Waals surface area (Å²) < 4.78 is 1.65. The van der Waals surface area contributed by atoms with Crippen LogP contribution in [-0.4, -0.2) is 20.0 Å². The van der Waals surface area contributed by atoms with Gasteiger partial charge in [-0.25, -0.2) is 4.68 Å². The highest BCUT2D eigenvalue weighted by Crippen LogP contribution is 2.36. The number of aromatic nitrogens is 4. The number of hydrogen-bond donors (Lipinski definition) is 0. The number of aryl methyl sites for hydroxylation is 1. The van der Waals surface area contributed by atoms with Gasteiger partial charge in [0.15, 0.2) is 5.65 Å². The minimum Gasteiger partial charge on any atom is -0.248 e. The van der Waals surface area contributed by atoms with Crippen LogP contribution < -0.4 is 0 Å². The Balaban J connectivity index is 2.01. The van der Waals surface area contributed by atoms with Gasteiger partial charge < -0.3 is 0 Å². The van der Waals surface area contributed by atoms with Crippen LogP contribution in [0, 0.1) is 11.3 Å². The maximum atomic E-state index is 9.15. The zero-order valence-electron chi connectivity index (χ0n) is 13.3. The minimum absolute atomic E-state index is 0.502. The molecule has 2 aromatic carbocycles. The lowest BCUT2D eigenvalue weighted by molar-refractivity contribution is 0.781. The van der Waals surface area contributed by atoms with Gasteiger partial charge in [-0.1, -0.05) is 54.1 Å². The van der Waals surface area contributed by atoms with E-state index in [1.54, 1.807) is 23.9 Å². The average molecular weight is 346 g/mol. The summed E-state index contributed by atoms with van der Waals surface area (Å²) in [4.78, 5) is 0. The summed E-state index contributed by atoms with van der Waals surface area (Å²) >= 11 is 6.70. The topological polar surface area (TPSA) is 67.4 Å². The summed E-state index contributed by atoms with van der Waals surface area (Å²) in [5.74, 6) is 0. The molecule has 0 spiro atoms. The highest BCUT2D eigenvalue weighted by Gasteiger charge is 2.19. The van der Waals surface area contributed by atoms with Crippen molar-refractivity contribution >= 4 is 22.6 Å². The second-order valence-corrected chi connectivity index (χ2v) is 5.97. The average Bonchev–Trinajstić information content (AvgIpc) is 3.00. The number of fused-ring (bicyclic) bond motifs is 1. The summed E-state index contributed by atoms with van der Waals surface area (Å²) in [5, 5.41) is 23.5. The fourth-order valence-corrected chi connectivity index (χ4v) is 3.13. The van der Waals surface area contributed by atoms with Crippen LogP contribution in [0.3, 0.4) is 0 Å². The van der Waals surface area contributed by atoms with Gasteiger partial charge in [-0.05, 0) is 12.1 Å². The summed E-state index contributed by atoms with van der Waals surface area (Å²) in [6.45, 7) is 0. The lowest BCUT2D eigenvalue weighted by Gasteiger charge is -2.05. The molecular weight excluding hydrogens is 334 g/mol. The lowest BCUT2D eigenvalue weighted by atomic mass is 10.0. The molecule has 0 aliphatic heterocycles. The molecule has 0 atom stereocenters. The molecule has 4 rings (SSSR count). The number of halogens is 1. The molecule has 2 heterocycles. The predicted octanol–water partition coefficient (Wildman–Crippen LogP) is 4.22. The smallest absolute Gasteiger partial charge is 0.182 e. The SMILES string of the molecule is Cn1nc(-c2cccc(C#N)c2)c2c(Cl)c(-c3ccccc3)nnc21. The molecule has 0 fully saturated rings. The van der Waals surface area contributed by atoms with E-state index in [9.17, 15) is 0 Å². The number of nitrogens with zero attached hydrogens (tertiary/aromatic N) is 5. The van der Waals surface area contributed by atoms with Gasteiger partial charge in [0.25, 0.3) is 0 Å². The van der Waals surface area contributed by atoms with Crippen LogP contribution in [0.2, 0.25) is 5.02 Å². The van der Waals surface area contributed by atoms with Crippen LogP contribution in [-0.2, 0) is 7.05 Å². The molecule has 0 saturated heterocycles. The van der Waals surface area contributed by atoms with E-state index in [1.807, 2.05) is 42.5 Å². The van der Waals surface area contributed by atoms with Gasteiger partial charge in [0.2, 0.25) is 0 Å². The molecule has 0 amide bonds. The third kappa shape index (κ3) is 2.53. The van der Waals surface area contributed by atoms with Crippen molar-refractivity contribution < 1.29 is 0 Å². The number of hydrogen-bond acceptors (Lipinski definition) is 4. The molecule has 5 nitrogen and oxygen atoms in total. The van der Waals surface area contributed by atoms with Gasteiger partial charge in [0.05, 0.1) is 22.0 Å². The molecule has 0 aliphatic rings. The fourth-order valence-electron chi connectivity index (χ4n) is 2.81. The largest absolute Gasteiger partial charge is 0.248 e. The van der Waals surface area contributed by atoms with E-state index >= 15 is 0 Å². The second kappa shape index (κ2) is 6.00. The summed E-state index contributed by atoms with van der Waals surface area (Å²) in [6.07, 6.45) is 0. The van der Waals surface area contributed by atoms with Crippen LogP contribution in [0.5, 0.6) is 0 Å². The van der Waals surface area contributed by atoms with E-state index < -0.39 is 0 Å². The third-order valence-corrected chi connectivity index (χ3v) is 4.37. The fraction of sp³-hybridized carbons (Fsp3) is 0.0526. The Hall–Kier alpha value is -3.23. The van der Waals surface area contributed by atoms with E-state index in [4.69, 9.17) is 16.9 Å². The quantitative estimate of drug-likeness (QED) is 0.545. The molecular formula is C19H12ClN5. The Labute approximate surface area is 149 Å². The van der Waals surface area contributed by atoms with E-state index in [1.165, 1.54) is 0 Å². The summed E-state index contributed by atoms with van der Waals surface area (Å²) in [6, 6.07) is 19.1. The Kier molecular flexibility index (Phi) is 3.68. The Morgan fingerprint density at radius 3 is 2.48 bits per heavy atom. The first-order chi connectivity index (χ1) is 12.2. The molecule has 2 aromatic heterocycles. The van der Waals surface area contributed by atoms with Crippen molar-refractivity contribution in [2.75, 3.05) is 0 Å². The first-order valence-corrected chi connectivity index (χ1v) is 8.01. The predicted molar refractivity (Wildman–Crippen MR) is 96.9 cm³/mol. The Morgan fingerprint density at radius 2 is 1.72 bits per heavy atom. The molecule has 6 heteroatoms. The van der Waals surface area contributed by atoms with Crippen LogP contribution >= 0.6 is 11.6 Å². The third-order valence-electron chi connectivity index (χ3n) is 4.00. The van der Waals surface area contributed by atoms with Crippen molar-refractivity contribution in [3.05, 3.63) is 65.2 Å². The molecule has 4 aromatic rings. The van der Waals surface area contributed by atoms with Gasteiger partial charge in [-0.2, -0.15) is 10.4 Å². The molecule has 0 unspecified atom stereocenters. The first-order valence-electron chi connectivity index (χ1n) is 7.64. The van der Waals surface area contributed by atoms with E-state index in [0.717, 1.165) is 16.5 Å². The molecule has 0 bridgehead atoms. The standard InChI is InChI=1S/C19H12ClN5/c1-25-19-15(17(24-25)14-9-5-6-12(10-14)11-21)16(20)18(22-23-19)13-7-3-2-4-8-13/h2-10H,1H3. The van der Waals surface area contributed by atoms with E-state index in [0.29, 0.717) is 27.6 Å². The van der Waals surface area contributed by atoms with Crippen LogP contribution in [0.25, 0.3) is 33.5 Å². The minimum atomic E-state index is 0.502. The number of benzene rings is 2. The maximum Gasteiger partial charge on any atom is 0.182 e. The van der Waals surface area contributed by atoms with Gasteiger partial charge in [-0.3, -0.25) is 0 Å². The van der Waals surface area contributed by atoms with Crippen LogP contribution in [0.4, 0.5) is 0 Å². The Morgan fingerprint density at radius 1 is 0.960 bits per heavy atom. The highest BCUT2D eigenvalue weighted by molar-refractivity contribution is 6.38. The molecule has 0 aliphatic carbocycles. The van der Waals surface area contributed by atoms with Crippen molar-refractivity contribution in [3.63, 3.8) is 0 Å². The zero-order chi connectivity index (χ0) is 17.4. The van der Waals surface area contributed by atoms with E-state index in [-0.39, 0.29) is 0 Å². The summed E-state index contributed by atoms with van der Waals surface area (Å²) in [7, 11) is 1.80. The molecule has 0 saturated carbocycles. The number of nitriles is 1. The van der Waals surface area contributed by atoms with E-state index in [2.05, 4.69) is 21.4 Å². The van der Waals surface area contributed by atoms with Crippen molar-refractivity contribution in [3.8, 4) is 28.6 Å². The first kappa shape index (κ1) is 15.3. The van der Waals surface area contributed by atoms with Crippen molar-refractivity contribution in [2.45, 2.75) is 0 Å². The van der Waals surface area contributed by atoms with Gasteiger partial charge in [-0.15, -0.1) is 10.2 Å². The molecule has 25 heavy (non-hydrogen) atoms. The summed E-state index contributed by atoms with van der Waals surface area (Å²) in [5.41, 5.74) is 4.17. The molecule has 0 N–H and O–H groups in total. The zero-order valence-corrected chi connectivity index (χ0v) is 14.1. The highest BCUT2D eigenvalue weighted by atomic mass is 35.5. The monoisotopic (exact) mass is 345 g/mol. The van der Waals surface area contributed by atoms with Gasteiger partial charge >= 0.3 is 0 Å². The van der Waals surface area contributed by atoms with Crippen LogP contribution in [0.15, 0.2) is 54.6 Å². The molecule has 0 radical (unpaired) electrons. The van der Waals surface area contributed by atoms with Gasteiger partial charge in [0.1, 0.15) is 11.4 Å². The van der Waals surface area contributed by atoms with Crippen LogP contribution in [0.1, 0.15) is 5.56 Å². The van der Waals surface area contributed by atoms with Gasteiger partial charge in [0, 0.05) is 18.2 Å². The Bertz CT molecular complexity index is 1130. The lowest BCUT2D eigenvalue weighted by Crippen LogP contribution is -1.95. The second-order valence-electron chi connectivity index (χ2n) is 5.59. The van der Waals surface area contributed by atoms with Crippen molar-refractivity contribution in [1.82, 2.24) is 20.0 Å².